The molecule has 164 valence electrons. The molecule has 1 aliphatic rings. The number of amides is 1. The molecule has 0 bridgehead atoms. The zero-order valence-corrected chi connectivity index (χ0v) is 18.1. The number of nitrogens with one attached hydrogen (secondary N) is 1. The highest BCUT2D eigenvalue weighted by Crippen LogP contribution is 2.36. The van der Waals surface area contributed by atoms with Crippen LogP contribution in [-0.2, 0) is 11.2 Å². The van der Waals surface area contributed by atoms with Crippen molar-refractivity contribution in [2.75, 3.05) is 32.7 Å². The van der Waals surface area contributed by atoms with Crippen LogP contribution in [0.5, 0.6) is 11.8 Å². The van der Waals surface area contributed by atoms with E-state index in [2.05, 4.69) is 20.3 Å². The first-order chi connectivity index (χ1) is 14.9. The van der Waals surface area contributed by atoms with Crippen molar-refractivity contribution in [2.24, 2.45) is 10.7 Å². The zero-order chi connectivity index (χ0) is 22.4. The summed E-state index contributed by atoms with van der Waals surface area (Å²) in [7, 11) is 3.22. The molecule has 0 saturated heterocycles. The molecule has 3 N–H and O–H groups in total. The van der Waals surface area contributed by atoms with Crippen molar-refractivity contribution in [3.05, 3.63) is 47.3 Å². The third-order valence-electron chi connectivity index (χ3n) is 4.52. The van der Waals surface area contributed by atoms with Crippen molar-refractivity contribution in [3.63, 3.8) is 0 Å². The number of fused-ring (bicyclic) bond motifs is 1. The fourth-order valence-electron chi connectivity index (χ4n) is 3.17. The summed E-state index contributed by atoms with van der Waals surface area (Å²) in [5, 5.41) is 2.81. The van der Waals surface area contributed by atoms with Crippen molar-refractivity contribution >= 4 is 23.5 Å². The molecule has 2 aromatic heterocycles. The fraction of sp³-hybridized carbons (Fsp3) is 0.364. The summed E-state index contributed by atoms with van der Waals surface area (Å²) in [5.74, 6) is 0.638. The third-order valence-corrected chi connectivity index (χ3v) is 4.52. The topological polar surface area (TPSA) is 121 Å². The number of ether oxygens (including phenoxy) is 3. The van der Waals surface area contributed by atoms with Gasteiger partial charge in [0.1, 0.15) is 23.6 Å². The Labute approximate surface area is 181 Å². The van der Waals surface area contributed by atoms with Crippen molar-refractivity contribution in [3.8, 4) is 11.8 Å². The lowest BCUT2D eigenvalue weighted by Gasteiger charge is -2.16. The number of carbonyl (C=O) groups is 1. The van der Waals surface area contributed by atoms with E-state index in [1.54, 1.807) is 44.6 Å². The second-order valence-corrected chi connectivity index (χ2v) is 7.56. The van der Waals surface area contributed by atoms with Gasteiger partial charge < -0.3 is 25.3 Å². The number of carbonyl (C=O) groups excluding carboxylic acids is 1. The molecule has 3 rings (SSSR count). The molecule has 1 amide bonds. The molecule has 0 spiro atoms. The first-order valence-corrected chi connectivity index (χ1v) is 9.84. The van der Waals surface area contributed by atoms with Crippen LogP contribution in [-0.4, -0.2) is 55.1 Å². The summed E-state index contributed by atoms with van der Waals surface area (Å²) in [6.45, 7) is 4.55. The van der Waals surface area contributed by atoms with E-state index >= 15 is 0 Å². The average molecular weight is 425 g/mol. The van der Waals surface area contributed by atoms with Crippen LogP contribution in [0, 0.1) is 0 Å². The second kappa shape index (κ2) is 9.57. The number of aliphatic imine (C=N–C) groups is 1. The van der Waals surface area contributed by atoms with E-state index in [0.29, 0.717) is 41.6 Å². The highest BCUT2D eigenvalue weighted by molar-refractivity contribution is 6.09. The SMILES string of the molecule is CN=C/C(=C\N)c1cccc(NC(=O)c2cc3c(nc2OCCOC)OC(C)(C)C3)n1. The minimum absolute atomic E-state index is 0.183. The molecule has 0 aliphatic carbocycles. The van der Waals surface area contributed by atoms with E-state index in [9.17, 15) is 4.79 Å². The maximum atomic E-state index is 13.1. The van der Waals surface area contributed by atoms with Crippen LogP contribution < -0.4 is 20.5 Å². The maximum Gasteiger partial charge on any atom is 0.262 e. The van der Waals surface area contributed by atoms with Gasteiger partial charge in [-0.15, -0.1) is 0 Å². The van der Waals surface area contributed by atoms with E-state index in [-0.39, 0.29) is 18.4 Å². The van der Waals surface area contributed by atoms with Crippen LogP contribution in [0.25, 0.3) is 5.57 Å². The molecular weight excluding hydrogens is 398 g/mol. The van der Waals surface area contributed by atoms with Gasteiger partial charge in [0.05, 0.1) is 12.3 Å². The van der Waals surface area contributed by atoms with Gasteiger partial charge in [-0.25, -0.2) is 4.98 Å². The predicted octanol–water partition coefficient (Wildman–Crippen LogP) is 2.47. The molecule has 0 fully saturated rings. The van der Waals surface area contributed by atoms with Gasteiger partial charge in [-0.2, -0.15) is 4.98 Å². The molecule has 9 nitrogen and oxygen atoms in total. The van der Waals surface area contributed by atoms with Gasteiger partial charge in [0.2, 0.25) is 11.8 Å². The number of allylic oxidation sites excluding steroid dienone is 1. The second-order valence-electron chi connectivity index (χ2n) is 7.56. The Bertz CT molecular complexity index is 1020. The Kier molecular flexibility index (Phi) is 6.86. The Balaban J connectivity index is 1.89. The van der Waals surface area contributed by atoms with Gasteiger partial charge in [-0.3, -0.25) is 9.79 Å². The number of nitrogens with two attached hydrogens (primary N) is 1. The molecule has 9 heteroatoms. The summed E-state index contributed by atoms with van der Waals surface area (Å²) in [6, 6.07) is 7.01. The number of methoxy groups -OCH3 is 1. The number of anilines is 1. The maximum absolute atomic E-state index is 13.1. The first-order valence-electron chi connectivity index (χ1n) is 9.84. The number of hydrogen-bond donors (Lipinski definition) is 2. The number of pyridine rings is 2. The molecule has 0 saturated carbocycles. The van der Waals surface area contributed by atoms with Gasteiger partial charge in [0, 0.05) is 44.1 Å². The Morgan fingerprint density at radius 2 is 2.16 bits per heavy atom. The molecule has 2 aromatic rings. The number of aromatic nitrogens is 2. The van der Waals surface area contributed by atoms with Crippen LogP contribution in [0.1, 0.15) is 35.5 Å². The molecule has 3 heterocycles. The Morgan fingerprint density at radius 3 is 2.87 bits per heavy atom. The van der Waals surface area contributed by atoms with Crippen molar-refractivity contribution in [1.29, 1.82) is 0 Å². The van der Waals surface area contributed by atoms with Gasteiger partial charge in [0.25, 0.3) is 5.91 Å². The largest absolute Gasteiger partial charge is 0.475 e. The summed E-state index contributed by atoms with van der Waals surface area (Å²) in [5.41, 5.74) is 7.64. The molecule has 0 atom stereocenters. The minimum atomic E-state index is -0.393. The molecule has 0 unspecified atom stereocenters. The number of hydrogen-bond acceptors (Lipinski definition) is 8. The summed E-state index contributed by atoms with van der Waals surface area (Å²) in [4.78, 5) is 26.0. The highest BCUT2D eigenvalue weighted by Gasteiger charge is 2.33. The van der Waals surface area contributed by atoms with E-state index in [1.807, 2.05) is 13.8 Å². The van der Waals surface area contributed by atoms with Gasteiger partial charge in [-0.05, 0) is 32.0 Å². The van der Waals surface area contributed by atoms with Crippen LogP contribution >= 0.6 is 0 Å². The fourth-order valence-corrected chi connectivity index (χ4v) is 3.17. The molecular formula is C22H27N5O4. The molecule has 0 radical (unpaired) electrons. The quantitative estimate of drug-likeness (QED) is 0.492. The van der Waals surface area contributed by atoms with Crippen LogP contribution in [0.2, 0.25) is 0 Å². The van der Waals surface area contributed by atoms with E-state index in [4.69, 9.17) is 19.9 Å². The molecule has 31 heavy (non-hydrogen) atoms. The van der Waals surface area contributed by atoms with E-state index in [1.165, 1.54) is 6.20 Å². The predicted molar refractivity (Wildman–Crippen MR) is 119 cm³/mol. The van der Waals surface area contributed by atoms with Crippen molar-refractivity contribution in [1.82, 2.24) is 9.97 Å². The number of rotatable bonds is 8. The average Bonchev–Trinajstić information content (AvgIpc) is 3.04. The van der Waals surface area contributed by atoms with Crippen molar-refractivity contribution < 1.29 is 19.0 Å². The Morgan fingerprint density at radius 1 is 1.35 bits per heavy atom. The third kappa shape index (κ3) is 5.37. The van der Waals surface area contributed by atoms with E-state index < -0.39 is 5.60 Å². The van der Waals surface area contributed by atoms with Crippen LogP contribution in [0.15, 0.2) is 35.5 Å². The minimum Gasteiger partial charge on any atom is -0.475 e. The standard InChI is InChI=1S/C22H27N5O4/c1-22(2)11-14-10-16(21(27-20(14)31-22)30-9-8-29-4)19(28)26-18-7-5-6-17(25-18)15(12-23)13-24-3/h5-7,10,12-13H,8-9,11,23H2,1-4H3,(H,25,26,28)/b15-12+,24-13?. The van der Waals surface area contributed by atoms with Gasteiger partial charge in [0.15, 0.2) is 0 Å². The zero-order valence-electron chi connectivity index (χ0n) is 18.1. The summed E-state index contributed by atoms with van der Waals surface area (Å²) >= 11 is 0. The monoisotopic (exact) mass is 425 g/mol. The van der Waals surface area contributed by atoms with Crippen LogP contribution in [0.3, 0.4) is 0 Å². The lowest BCUT2D eigenvalue weighted by atomic mass is 10.0. The number of nitrogens with zero attached hydrogens (tertiary/aromatic N) is 3. The lowest BCUT2D eigenvalue weighted by Crippen LogP contribution is -2.24. The molecule has 1 aliphatic heterocycles. The Hall–Kier alpha value is -3.46. The van der Waals surface area contributed by atoms with Gasteiger partial charge >= 0.3 is 0 Å². The van der Waals surface area contributed by atoms with Gasteiger partial charge in [-0.1, -0.05) is 6.07 Å². The van der Waals surface area contributed by atoms with Crippen molar-refractivity contribution in [2.45, 2.75) is 25.9 Å². The van der Waals surface area contributed by atoms with E-state index in [0.717, 1.165) is 5.56 Å². The smallest absolute Gasteiger partial charge is 0.262 e. The molecule has 0 aromatic carbocycles. The highest BCUT2D eigenvalue weighted by atomic mass is 16.5. The summed E-state index contributed by atoms with van der Waals surface area (Å²) in [6.07, 6.45) is 3.65. The first kappa shape index (κ1) is 22.2. The summed E-state index contributed by atoms with van der Waals surface area (Å²) < 4.78 is 16.6. The lowest BCUT2D eigenvalue weighted by molar-refractivity contribution is 0.101. The normalized spacial score (nSPS) is 14.9. The van der Waals surface area contributed by atoms with Crippen LogP contribution in [0.4, 0.5) is 5.82 Å².